The van der Waals surface area contributed by atoms with Crippen LogP contribution in [0, 0.1) is 5.82 Å². The van der Waals surface area contributed by atoms with Crippen molar-refractivity contribution in [2.24, 2.45) is 0 Å². The normalized spacial score (nSPS) is 11.3. The van der Waals surface area contributed by atoms with Gasteiger partial charge in [-0.25, -0.2) is 23.8 Å². The largest absolute Gasteiger partial charge is 0.465 e. The molecule has 0 radical (unpaired) electrons. The minimum absolute atomic E-state index is 0.0242. The first-order valence-corrected chi connectivity index (χ1v) is 13.9. The molecule has 12 nitrogen and oxygen atoms in total. The molecule has 5 amide bonds. The van der Waals surface area contributed by atoms with E-state index in [1.54, 1.807) is 25.3 Å². The maximum absolute atomic E-state index is 13.8. The Balaban J connectivity index is 1.56. The van der Waals surface area contributed by atoms with Crippen molar-refractivity contribution < 1.29 is 33.0 Å². The number of amides is 5. The lowest BCUT2D eigenvalue weighted by Gasteiger charge is -2.28. The van der Waals surface area contributed by atoms with Gasteiger partial charge in [0.15, 0.2) is 0 Å². The molecule has 0 bridgehead atoms. The number of anilines is 1. The number of rotatable bonds is 13. The zero-order valence-electron chi connectivity index (χ0n) is 23.8. The van der Waals surface area contributed by atoms with Crippen molar-refractivity contribution in [3.63, 3.8) is 0 Å². The average molecular weight is 617 g/mol. The molecule has 14 heteroatoms. The molecule has 3 rings (SSSR count). The Morgan fingerprint density at radius 1 is 1.02 bits per heavy atom. The van der Waals surface area contributed by atoms with Crippen molar-refractivity contribution in [3.05, 3.63) is 71.1 Å². The van der Waals surface area contributed by atoms with Gasteiger partial charge in [0.1, 0.15) is 24.8 Å². The Labute approximate surface area is 253 Å². The summed E-state index contributed by atoms with van der Waals surface area (Å²) >= 11 is 5.99. The van der Waals surface area contributed by atoms with Crippen LogP contribution in [0.1, 0.15) is 25.3 Å². The molecule has 1 atom stereocenters. The lowest BCUT2D eigenvalue weighted by atomic mass is 10.1. The zero-order valence-corrected chi connectivity index (χ0v) is 24.6. The van der Waals surface area contributed by atoms with E-state index < -0.39 is 36.0 Å². The highest BCUT2D eigenvalue weighted by molar-refractivity contribution is 6.31. The number of likely N-dealkylation sites (N-methyl/N-ethyl adjacent to an activating group) is 1. The molecule has 0 aliphatic heterocycles. The Kier molecular flexibility index (Phi) is 12.8. The number of nitrogens with zero attached hydrogens (tertiary/aromatic N) is 2. The number of hydrogen-bond acceptors (Lipinski definition) is 7. The van der Waals surface area contributed by atoms with E-state index in [9.17, 15) is 23.6 Å². The topological polar surface area (TPSA) is 151 Å². The van der Waals surface area contributed by atoms with Crippen molar-refractivity contribution in [1.29, 1.82) is 0 Å². The third-order valence-electron chi connectivity index (χ3n) is 6.30. The molecule has 0 unspecified atom stereocenters. The average Bonchev–Trinajstić information content (AvgIpc) is 3.00. The van der Waals surface area contributed by atoms with Gasteiger partial charge in [-0.15, -0.1) is 0 Å². The third-order valence-corrected chi connectivity index (χ3v) is 6.72. The summed E-state index contributed by atoms with van der Waals surface area (Å²) in [4.78, 5) is 54.4. The zero-order chi connectivity index (χ0) is 31.2. The van der Waals surface area contributed by atoms with Crippen LogP contribution < -0.4 is 21.3 Å². The Hall–Kier alpha value is -4.65. The van der Waals surface area contributed by atoms with Gasteiger partial charge in [-0.3, -0.25) is 10.1 Å². The lowest BCUT2D eigenvalue weighted by Crippen LogP contribution is -2.46. The second-order valence-electron chi connectivity index (χ2n) is 9.33. The van der Waals surface area contributed by atoms with Crippen molar-refractivity contribution >= 4 is 52.3 Å². The molecule has 230 valence electrons. The highest BCUT2D eigenvalue weighted by atomic mass is 35.5. The quantitative estimate of drug-likeness (QED) is 0.164. The number of esters is 1. The van der Waals surface area contributed by atoms with Crippen LogP contribution in [0.5, 0.6) is 0 Å². The number of carbonyl (C=O) groups is 4. The molecular formula is C29H34ClFN6O6. The summed E-state index contributed by atoms with van der Waals surface area (Å²) < 4.78 is 24.0. The van der Waals surface area contributed by atoms with Gasteiger partial charge < -0.3 is 30.3 Å². The number of carbonyl (C=O) groups excluding carboxylic acids is 4. The molecule has 2 aromatic carbocycles. The number of hydrogen-bond donors (Lipinski definition) is 4. The summed E-state index contributed by atoms with van der Waals surface area (Å²) in [6.07, 6.45) is 1.61. The maximum atomic E-state index is 13.8. The molecule has 0 aliphatic rings. The van der Waals surface area contributed by atoms with Crippen LogP contribution in [0.15, 0.2) is 54.7 Å². The van der Waals surface area contributed by atoms with Gasteiger partial charge in [0, 0.05) is 31.7 Å². The SMILES string of the molecule is CCOC(=O)CNC(=O)NCCC[C@@H](COC(=O)Nc1cc2ccccc2cn1)N(C)C(=O)NCc1cccc(F)c1Cl. The van der Waals surface area contributed by atoms with Gasteiger partial charge in [-0.1, -0.05) is 48.0 Å². The molecule has 1 heterocycles. The molecule has 4 N–H and O–H groups in total. The highest BCUT2D eigenvalue weighted by Gasteiger charge is 2.22. The molecule has 1 aromatic heterocycles. The van der Waals surface area contributed by atoms with Gasteiger partial charge in [-0.05, 0) is 42.8 Å². The smallest absolute Gasteiger partial charge is 0.412 e. The summed E-state index contributed by atoms with van der Waals surface area (Å²) in [7, 11) is 1.53. The van der Waals surface area contributed by atoms with E-state index in [1.165, 1.54) is 24.1 Å². The van der Waals surface area contributed by atoms with Crippen LogP contribution in [0.25, 0.3) is 10.8 Å². The predicted molar refractivity (Wildman–Crippen MR) is 159 cm³/mol. The van der Waals surface area contributed by atoms with Crippen molar-refractivity contribution in [1.82, 2.24) is 25.8 Å². The fourth-order valence-corrected chi connectivity index (χ4v) is 4.16. The van der Waals surface area contributed by atoms with E-state index in [0.29, 0.717) is 24.2 Å². The second-order valence-corrected chi connectivity index (χ2v) is 9.71. The minimum atomic E-state index is -0.760. The highest BCUT2D eigenvalue weighted by Crippen LogP contribution is 2.20. The number of urea groups is 2. The van der Waals surface area contributed by atoms with E-state index in [4.69, 9.17) is 21.1 Å². The van der Waals surface area contributed by atoms with Crippen LogP contribution in [0.2, 0.25) is 5.02 Å². The number of pyridine rings is 1. The van der Waals surface area contributed by atoms with Gasteiger partial charge in [0.05, 0.1) is 17.7 Å². The lowest BCUT2D eigenvalue weighted by molar-refractivity contribution is -0.141. The van der Waals surface area contributed by atoms with Crippen molar-refractivity contribution in [3.8, 4) is 0 Å². The number of ether oxygens (including phenoxy) is 2. The third kappa shape index (κ3) is 10.6. The van der Waals surface area contributed by atoms with Gasteiger partial charge >= 0.3 is 24.1 Å². The second kappa shape index (κ2) is 16.7. The molecule has 43 heavy (non-hydrogen) atoms. The van der Waals surface area contributed by atoms with Gasteiger partial charge in [0.2, 0.25) is 0 Å². The standard InChI is InChI=1S/C29H34ClFN6O6/c1-3-42-25(38)17-34-27(39)32-13-7-11-22(37(2)28(40)35-16-21-10-6-12-23(31)26(21)30)18-43-29(41)36-24-14-19-8-4-5-9-20(19)15-33-24/h4-6,8-10,12,14-15,22H,3,7,11,13,16-18H2,1-2H3,(H,35,40)(H2,32,34,39)(H,33,36,41)/t22-/m0/s1. The number of benzene rings is 2. The van der Waals surface area contributed by atoms with Gasteiger partial charge in [-0.2, -0.15) is 0 Å². The summed E-state index contributed by atoms with van der Waals surface area (Å²) in [5, 5.41) is 12.0. The molecule has 3 aromatic rings. The van der Waals surface area contributed by atoms with Crippen LogP contribution in [-0.2, 0) is 20.8 Å². The number of aromatic nitrogens is 1. The van der Waals surface area contributed by atoms with Crippen LogP contribution in [0.4, 0.5) is 24.6 Å². The van der Waals surface area contributed by atoms with Crippen LogP contribution >= 0.6 is 11.6 Å². The first-order valence-electron chi connectivity index (χ1n) is 13.6. The van der Waals surface area contributed by atoms with Crippen LogP contribution in [-0.4, -0.2) is 73.4 Å². The summed E-state index contributed by atoms with van der Waals surface area (Å²) in [5.41, 5.74) is 0.400. The molecule has 0 fully saturated rings. The van der Waals surface area contributed by atoms with E-state index >= 15 is 0 Å². The fraction of sp³-hybridized carbons (Fsp3) is 0.345. The van der Waals surface area contributed by atoms with Crippen molar-refractivity contribution in [2.45, 2.75) is 32.4 Å². The Bertz CT molecular complexity index is 1430. The maximum Gasteiger partial charge on any atom is 0.412 e. The summed E-state index contributed by atoms with van der Waals surface area (Å²) in [6, 6.07) is 11.9. The van der Waals surface area contributed by atoms with Crippen molar-refractivity contribution in [2.75, 3.05) is 38.7 Å². The molecule has 0 saturated heterocycles. The van der Waals surface area contributed by atoms with Crippen LogP contribution in [0.3, 0.4) is 0 Å². The Morgan fingerprint density at radius 3 is 2.56 bits per heavy atom. The van der Waals surface area contributed by atoms with Gasteiger partial charge in [0.25, 0.3) is 0 Å². The fourth-order valence-electron chi connectivity index (χ4n) is 3.97. The molecule has 0 spiro atoms. The van der Waals surface area contributed by atoms with E-state index in [2.05, 4.69) is 26.3 Å². The van der Waals surface area contributed by atoms with E-state index in [-0.39, 0.29) is 37.9 Å². The monoisotopic (exact) mass is 616 g/mol. The number of nitrogens with one attached hydrogen (secondary N) is 4. The molecule has 0 saturated carbocycles. The summed E-state index contributed by atoms with van der Waals surface area (Å²) in [5.74, 6) is -0.852. The number of halogens is 2. The van der Waals surface area contributed by atoms with E-state index in [1.807, 2.05) is 24.3 Å². The van der Waals surface area contributed by atoms with E-state index in [0.717, 1.165) is 10.8 Å². The molecular weight excluding hydrogens is 583 g/mol. The number of fused-ring (bicyclic) bond motifs is 1. The minimum Gasteiger partial charge on any atom is -0.465 e. The predicted octanol–water partition coefficient (Wildman–Crippen LogP) is 4.43. The summed E-state index contributed by atoms with van der Waals surface area (Å²) in [6.45, 7) is 1.62. The first kappa shape index (κ1) is 32.9. The Morgan fingerprint density at radius 2 is 1.79 bits per heavy atom. The molecule has 0 aliphatic carbocycles. The first-order chi connectivity index (χ1) is 20.7.